The molecule has 0 saturated carbocycles. The Morgan fingerprint density at radius 1 is 1.29 bits per heavy atom. The Morgan fingerprint density at radius 3 is 2.47 bits per heavy atom. The van der Waals surface area contributed by atoms with Crippen LogP contribution in [0.15, 0.2) is 0 Å². The van der Waals surface area contributed by atoms with Gasteiger partial charge in [-0.05, 0) is 33.6 Å². The first-order chi connectivity index (χ1) is 7.83. The van der Waals surface area contributed by atoms with E-state index >= 15 is 0 Å². The van der Waals surface area contributed by atoms with Gasteiger partial charge in [0, 0.05) is 6.54 Å². The summed E-state index contributed by atoms with van der Waals surface area (Å²) in [5.41, 5.74) is -0.614. The minimum atomic E-state index is -0.798. The van der Waals surface area contributed by atoms with Gasteiger partial charge in [0.1, 0.15) is 11.6 Å². The van der Waals surface area contributed by atoms with E-state index in [-0.39, 0.29) is 0 Å². The van der Waals surface area contributed by atoms with Crippen LogP contribution in [0, 0.1) is 0 Å². The van der Waals surface area contributed by atoms with Gasteiger partial charge in [0.2, 0.25) is 0 Å². The summed E-state index contributed by atoms with van der Waals surface area (Å²) >= 11 is 0. The fraction of sp³-hybridized carbons (Fsp3) is 0.818. The van der Waals surface area contributed by atoms with Crippen LogP contribution < -0.4 is 0 Å². The lowest BCUT2D eigenvalue weighted by Gasteiger charge is -2.24. The summed E-state index contributed by atoms with van der Waals surface area (Å²) < 4.78 is 9.64. The molecule has 98 valence electrons. The van der Waals surface area contributed by atoms with Gasteiger partial charge in [0.15, 0.2) is 0 Å². The second kappa shape index (κ2) is 5.35. The fourth-order valence-electron chi connectivity index (χ4n) is 1.59. The zero-order valence-corrected chi connectivity index (χ0v) is 10.7. The summed E-state index contributed by atoms with van der Waals surface area (Å²) in [6, 6.07) is -0.521. The standard InChI is InChI=1S/C11H19NO5/c1-11(2,3)16-10(14)17-12-7-5-6-8(12)9(13)15-4/h8H,5-7H2,1-4H3/t8-/m0/s1. The van der Waals surface area contributed by atoms with Crippen LogP contribution in [0.4, 0.5) is 4.79 Å². The maximum Gasteiger partial charge on any atom is 0.528 e. The second-order valence-electron chi connectivity index (χ2n) is 4.88. The van der Waals surface area contributed by atoms with E-state index in [1.807, 2.05) is 0 Å². The molecule has 0 amide bonds. The van der Waals surface area contributed by atoms with E-state index in [4.69, 9.17) is 9.57 Å². The van der Waals surface area contributed by atoms with Gasteiger partial charge >= 0.3 is 12.1 Å². The predicted octanol–water partition coefficient (Wildman–Crippen LogP) is 1.49. The maximum absolute atomic E-state index is 11.4. The van der Waals surface area contributed by atoms with E-state index in [1.54, 1.807) is 20.8 Å². The molecule has 17 heavy (non-hydrogen) atoms. The van der Waals surface area contributed by atoms with Crippen molar-refractivity contribution in [3.8, 4) is 0 Å². The van der Waals surface area contributed by atoms with Crippen molar-refractivity contribution in [2.24, 2.45) is 0 Å². The molecular weight excluding hydrogens is 226 g/mol. The third kappa shape index (κ3) is 4.22. The van der Waals surface area contributed by atoms with Crippen molar-refractivity contribution >= 4 is 12.1 Å². The normalized spacial score (nSPS) is 21.1. The molecule has 1 heterocycles. The molecule has 1 aliphatic rings. The van der Waals surface area contributed by atoms with E-state index < -0.39 is 23.8 Å². The molecule has 0 bridgehead atoms. The summed E-state index contributed by atoms with van der Waals surface area (Å²) in [4.78, 5) is 27.8. The molecule has 1 saturated heterocycles. The van der Waals surface area contributed by atoms with Crippen molar-refractivity contribution < 1.29 is 23.9 Å². The number of hydrogen-bond donors (Lipinski definition) is 0. The highest BCUT2D eigenvalue weighted by Gasteiger charge is 2.35. The number of hydroxylamine groups is 2. The molecule has 0 aromatic carbocycles. The lowest BCUT2D eigenvalue weighted by molar-refractivity contribution is -0.175. The van der Waals surface area contributed by atoms with Crippen molar-refractivity contribution in [2.75, 3.05) is 13.7 Å². The fourth-order valence-corrected chi connectivity index (χ4v) is 1.59. The quantitative estimate of drug-likeness (QED) is 0.687. The molecule has 1 rings (SSSR count). The third-order valence-corrected chi connectivity index (χ3v) is 2.26. The van der Waals surface area contributed by atoms with E-state index in [0.29, 0.717) is 13.0 Å². The summed E-state index contributed by atoms with van der Waals surface area (Å²) in [6.07, 6.45) is 0.603. The first kappa shape index (κ1) is 13.8. The Hall–Kier alpha value is -1.30. The van der Waals surface area contributed by atoms with Crippen molar-refractivity contribution in [3.05, 3.63) is 0 Å². The number of carbonyl (C=O) groups excluding carboxylic acids is 2. The van der Waals surface area contributed by atoms with Crippen LogP contribution in [0.3, 0.4) is 0 Å². The molecule has 6 nitrogen and oxygen atoms in total. The topological polar surface area (TPSA) is 65.1 Å². The molecule has 6 heteroatoms. The smallest absolute Gasteiger partial charge is 0.468 e. The van der Waals surface area contributed by atoms with Crippen LogP contribution in [0.1, 0.15) is 33.6 Å². The Balaban J connectivity index is 2.50. The van der Waals surface area contributed by atoms with Crippen LogP contribution >= 0.6 is 0 Å². The zero-order chi connectivity index (χ0) is 13.1. The maximum atomic E-state index is 11.4. The second-order valence-corrected chi connectivity index (χ2v) is 4.88. The van der Waals surface area contributed by atoms with E-state index in [9.17, 15) is 9.59 Å². The van der Waals surface area contributed by atoms with Gasteiger partial charge < -0.3 is 14.3 Å². The summed E-state index contributed by atoms with van der Waals surface area (Å²) in [7, 11) is 1.31. The Morgan fingerprint density at radius 2 is 1.94 bits per heavy atom. The highest BCUT2D eigenvalue weighted by Crippen LogP contribution is 2.20. The number of esters is 1. The van der Waals surface area contributed by atoms with Crippen LogP contribution in [0.25, 0.3) is 0 Å². The largest absolute Gasteiger partial charge is 0.528 e. The number of methoxy groups -OCH3 is 1. The van der Waals surface area contributed by atoms with E-state index in [0.717, 1.165) is 6.42 Å². The molecule has 0 aromatic heterocycles. The van der Waals surface area contributed by atoms with Gasteiger partial charge in [-0.15, -0.1) is 5.06 Å². The molecule has 1 fully saturated rings. The van der Waals surface area contributed by atoms with E-state index in [1.165, 1.54) is 12.2 Å². The van der Waals surface area contributed by atoms with Gasteiger partial charge in [-0.1, -0.05) is 0 Å². The molecule has 0 unspecified atom stereocenters. The van der Waals surface area contributed by atoms with Gasteiger partial charge in [-0.2, -0.15) is 0 Å². The molecule has 0 aromatic rings. The molecule has 0 radical (unpaired) electrons. The number of nitrogens with zero attached hydrogens (tertiary/aromatic N) is 1. The monoisotopic (exact) mass is 245 g/mol. The minimum absolute atomic E-state index is 0.397. The highest BCUT2D eigenvalue weighted by atomic mass is 16.8. The molecule has 0 spiro atoms. The highest BCUT2D eigenvalue weighted by molar-refractivity contribution is 5.76. The number of ether oxygens (including phenoxy) is 2. The molecule has 1 aliphatic heterocycles. The summed E-state index contributed by atoms with van der Waals surface area (Å²) in [5.74, 6) is -0.397. The average Bonchev–Trinajstić information content (AvgIpc) is 2.61. The zero-order valence-electron chi connectivity index (χ0n) is 10.7. The van der Waals surface area contributed by atoms with Crippen LogP contribution in [0.5, 0.6) is 0 Å². The van der Waals surface area contributed by atoms with E-state index in [2.05, 4.69) is 4.74 Å². The van der Waals surface area contributed by atoms with Crippen LogP contribution in [0.2, 0.25) is 0 Å². The first-order valence-electron chi connectivity index (χ1n) is 5.59. The first-order valence-corrected chi connectivity index (χ1v) is 5.59. The Bertz CT molecular complexity index is 297. The van der Waals surface area contributed by atoms with Gasteiger partial charge in [-0.3, -0.25) is 4.79 Å². The Kier molecular flexibility index (Phi) is 4.34. The van der Waals surface area contributed by atoms with Crippen molar-refractivity contribution in [1.82, 2.24) is 5.06 Å². The van der Waals surface area contributed by atoms with Crippen molar-refractivity contribution in [3.63, 3.8) is 0 Å². The number of carbonyl (C=O) groups is 2. The predicted molar refractivity (Wildman–Crippen MR) is 59.1 cm³/mol. The van der Waals surface area contributed by atoms with Crippen molar-refractivity contribution in [2.45, 2.75) is 45.3 Å². The van der Waals surface area contributed by atoms with Crippen LogP contribution in [-0.4, -0.2) is 42.5 Å². The molecule has 0 N–H and O–H groups in total. The summed E-state index contributed by atoms with van der Waals surface area (Å²) in [5, 5.41) is 1.32. The van der Waals surface area contributed by atoms with Gasteiger partial charge in [-0.25, -0.2) is 4.79 Å². The third-order valence-electron chi connectivity index (χ3n) is 2.26. The average molecular weight is 245 g/mol. The van der Waals surface area contributed by atoms with Gasteiger partial charge in [0.05, 0.1) is 7.11 Å². The van der Waals surface area contributed by atoms with Gasteiger partial charge in [0.25, 0.3) is 0 Å². The number of hydrogen-bond acceptors (Lipinski definition) is 6. The number of rotatable bonds is 2. The molecular formula is C11H19NO5. The SMILES string of the molecule is COC(=O)[C@@H]1CCCN1OC(=O)OC(C)(C)C. The minimum Gasteiger partial charge on any atom is -0.468 e. The Labute approximate surface area is 101 Å². The van der Waals surface area contributed by atoms with Crippen molar-refractivity contribution in [1.29, 1.82) is 0 Å². The lowest BCUT2D eigenvalue weighted by atomic mass is 10.2. The molecule has 0 aliphatic carbocycles. The van der Waals surface area contributed by atoms with Crippen LogP contribution in [-0.2, 0) is 19.1 Å². The molecule has 1 atom stereocenters. The summed E-state index contributed by atoms with van der Waals surface area (Å²) in [6.45, 7) is 5.75. The lowest BCUT2D eigenvalue weighted by Crippen LogP contribution is -2.39.